The molecule has 0 aromatic carbocycles. The summed E-state index contributed by atoms with van der Waals surface area (Å²) in [5.41, 5.74) is 0.638. The Hall–Kier alpha value is -1.42. The van der Waals surface area contributed by atoms with Crippen molar-refractivity contribution in [2.75, 3.05) is 0 Å². The van der Waals surface area contributed by atoms with Crippen LogP contribution >= 0.6 is 0 Å². The number of aromatic nitrogens is 1. The second-order valence-electron chi connectivity index (χ2n) is 2.70. The molecule has 4 nitrogen and oxygen atoms in total. The van der Waals surface area contributed by atoms with Gasteiger partial charge in [-0.2, -0.15) is 0 Å². The molecule has 1 unspecified atom stereocenters. The summed E-state index contributed by atoms with van der Waals surface area (Å²) >= 11 is 0. The molecule has 0 aliphatic rings. The predicted octanol–water partition coefficient (Wildman–Crippen LogP) is 1.22. The van der Waals surface area contributed by atoms with Crippen molar-refractivity contribution >= 4 is 5.97 Å². The molecule has 1 aromatic heterocycles. The zero-order chi connectivity index (χ0) is 9.84. The first-order chi connectivity index (χ1) is 6.15. The first-order valence-corrected chi connectivity index (χ1v) is 4.02. The van der Waals surface area contributed by atoms with Gasteiger partial charge in [0.1, 0.15) is 0 Å². The lowest BCUT2D eigenvalue weighted by Crippen LogP contribution is -2.02. The van der Waals surface area contributed by atoms with Crippen LogP contribution in [0.15, 0.2) is 18.3 Å². The number of aromatic carboxylic acids is 1. The number of aliphatic hydroxyl groups excluding tert-OH is 1. The highest BCUT2D eigenvalue weighted by Crippen LogP contribution is 2.13. The third-order valence-corrected chi connectivity index (χ3v) is 1.76. The molecule has 1 aromatic rings. The molecule has 0 aliphatic heterocycles. The van der Waals surface area contributed by atoms with E-state index in [1.54, 1.807) is 0 Å². The van der Waals surface area contributed by atoms with Crippen LogP contribution in [0, 0.1) is 0 Å². The minimum absolute atomic E-state index is 0.132. The topological polar surface area (TPSA) is 70.4 Å². The van der Waals surface area contributed by atoms with E-state index in [2.05, 4.69) is 4.98 Å². The van der Waals surface area contributed by atoms with Gasteiger partial charge < -0.3 is 10.2 Å². The van der Waals surface area contributed by atoms with E-state index < -0.39 is 12.1 Å². The van der Waals surface area contributed by atoms with E-state index in [-0.39, 0.29) is 5.56 Å². The molecule has 0 saturated carbocycles. The highest BCUT2D eigenvalue weighted by Gasteiger charge is 2.07. The standard InChI is InChI=1S/C9H11NO3/c1-2-8(11)7-4-3-6(5-10-7)9(12)13/h3-5,8,11H,2H2,1H3,(H,12,13). The molecule has 70 valence electrons. The fourth-order valence-corrected chi connectivity index (χ4v) is 0.938. The largest absolute Gasteiger partial charge is 0.478 e. The Morgan fingerprint density at radius 3 is 2.69 bits per heavy atom. The quantitative estimate of drug-likeness (QED) is 0.735. The number of carboxylic acids is 1. The fraction of sp³-hybridized carbons (Fsp3) is 0.333. The molecular weight excluding hydrogens is 170 g/mol. The Balaban J connectivity index is 2.87. The van der Waals surface area contributed by atoms with Gasteiger partial charge in [0.2, 0.25) is 0 Å². The van der Waals surface area contributed by atoms with Gasteiger partial charge in [0.25, 0.3) is 0 Å². The van der Waals surface area contributed by atoms with Gasteiger partial charge in [-0.3, -0.25) is 4.98 Å². The van der Waals surface area contributed by atoms with Crippen LogP contribution in [0.25, 0.3) is 0 Å². The number of pyridine rings is 1. The summed E-state index contributed by atoms with van der Waals surface area (Å²) in [7, 11) is 0. The number of hydrogen-bond acceptors (Lipinski definition) is 3. The normalized spacial score (nSPS) is 12.5. The van der Waals surface area contributed by atoms with Gasteiger partial charge in [0, 0.05) is 6.20 Å². The third kappa shape index (κ3) is 2.26. The predicted molar refractivity (Wildman–Crippen MR) is 46.4 cm³/mol. The lowest BCUT2D eigenvalue weighted by molar-refractivity contribution is 0.0696. The van der Waals surface area contributed by atoms with Crippen molar-refractivity contribution in [2.24, 2.45) is 0 Å². The maximum atomic E-state index is 10.4. The summed E-state index contributed by atoms with van der Waals surface area (Å²) in [5, 5.41) is 17.9. The van der Waals surface area contributed by atoms with E-state index in [4.69, 9.17) is 5.11 Å². The van der Waals surface area contributed by atoms with Gasteiger partial charge in [-0.1, -0.05) is 6.92 Å². The molecule has 1 atom stereocenters. The van der Waals surface area contributed by atoms with Crippen LogP contribution < -0.4 is 0 Å². The smallest absolute Gasteiger partial charge is 0.337 e. The summed E-state index contributed by atoms with van der Waals surface area (Å²) in [6.07, 6.45) is 1.21. The summed E-state index contributed by atoms with van der Waals surface area (Å²) in [6, 6.07) is 2.96. The van der Waals surface area contributed by atoms with E-state index >= 15 is 0 Å². The van der Waals surface area contributed by atoms with Gasteiger partial charge in [-0.15, -0.1) is 0 Å². The molecule has 0 aliphatic carbocycles. The summed E-state index contributed by atoms with van der Waals surface area (Å²) in [6.45, 7) is 1.83. The number of nitrogens with zero attached hydrogens (tertiary/aromatic N) is 1. The zero-order valence-corrected chi connectivity index (χ0v) is 7.27. The first-order valence-electron chi connectivity index (χ1n) is 4.02. The Kier molecular flexibility index (Phi) is 2.97. The van der Waals surface area contributed by atoms with Gasteiger partial charge in [-0.25, -0.2) is 4.79 Å². The molecule has 0 saturated heterocycles. The average Bonchev–Trinajstić information content (AvgIpc) is 2.17. The van der Waals surface area contributed by atoms with Crippen molar-refractivity contribution < 1.29 is 15.0 Å². The lowest BCUT2D eigenvalue weighted by atomic mass is 10.1. The van der Waals surface area contributed by atoms with Crippen LogP contribution in [-0.2, 0) is 0 Å². The number of rotatable bonds is 3. The van der Waals surface area contributed by atoms with E-state index in [0.717, 1.165) is 0 Å². The minimum Gasteiger partial charge on any atom is -0.478 e. The van der Waals surface area contributed by atoms with Crippen molar-refractivity contribution in [2.45, 2.75) is 19.4 Å². The monoisotopic (exact) mass is 181 g/mol. The Bertz CT molecular complexity index is 294. The van der Waals surface area contributed by atoms with Crippen molar-refractivity contribution in [1.29, 1.82) is 0 Å². The molecule has 4 heteroatoms. The lowest BCUT2D eigenvalue weighted by Gasteiger charge is -2.05. The van der Waals surface area contributed by atoms with Gasteiger partial charge in [0.05, 0.1) is 17.4 Å². The minimum atomic E-state index is -1.01. The van der Waals surface area contributed by atoms with Crippen LogP contribution in [0.1, 0.15) is 35.5 Å². The number of carbonyl (C=O) groups is 1. The van der Waals surface area contributed by atoms with E-state index in [1.807, 2.05) is 6.92 Å². The number of carboxylic acid groups (broad SMARTS) is 1. The molecule has 0 spiro atoms. The second kappa shape index (κ2) is 4.00. The van der Waals surface area contributed by atoms with Crippen molar-refractivity contribution in [3.05, 3.63) is 29.6 Å². The third-order valence-electron chi connectivity index (χ3n) is 1.76. The molecule has 0 radical (unpaired) electrons. The average molecular weight is 181 g/mol. The second-order valence-corrected chi connectivity index (χ2v) is 2.70. The first kappa shape index (κ1) is 9.67. The number of aliphatic hydroxyl groups is 1. The van der Waals surface area contributed by atoms with Crippen LogP contribution in [0.3, 0.4) is 0 Å². The molecule has 0 amide bonds. The van der Waals surface area contributed by atoms with Gasteiger partial charge >= 0.3 is 5.97 Å². The summed E-state index contributed by atoms with van der Waals surface area (Å²) in [4.78, 5) is 14.3. The van der Waals surface area contributed by atoms with Crippen molar-refractivity contribution in [3.63, 3.8) is 0 Å². The zero-order valence-electron chi connectivity index (χ0n) is 7.27. The van der Waals surface area contributed by atoms with E-state index in [1.165, 1.54) is 18.3 Å². The van der Waals surface area contributed by atoms with Crippen LogP contribution in [0.4, 0.5) is 0 Å². The number of hydrogen-bond donors (Lipinski definition) is 2. The Morgan fingerprint density at radius 2 is 2.31 bits per heavy atom. The van der Waals surface area contributed by atoms with Crippen LogP contribution in [0.2, 0.25) is 0 Å². The molecule has 1 rings (SSSR count). The van der Waals surface area contributed by atoms with E-state index in [9.17, 15) is 9.90 Å². The molecule has 1 heterocycles. The van der Waals surface area contributed by atoms with Crippen molar-refractivity contribution in [3.8, 4) is 0 Å². The van der Waals surface area contributed by atoms with Crippen LogP contribution in [0.5, 0.6) is 0 Å². The molecule has 0 bridgehead atoms. The Labute approximate surface area is 75.9 Å². The molecule has 2 N–H and O–H groups in total. The highest BCUT2D eigenvalue weighted by molar-refractivity contribution is 5.87. The van der Waals surface area contributed by atoms with Gasteiger partial charge in [0.15, 0.2) is 0 Å². The summed E-state index contributed by atoms with van der Waals surface area (Å²) in [5.74, 6) is -1.01. The maximum Gasteiger partial charge on any atom is 0.337 e. The van der Waals surface area contributed by atoms with Gasteiger partial charge in [-0.05, 0) is 18.6 Å². The fourth-order valence-electron chi connectivity index (χ4n) is 0.938. The summed E-state index contributed by atoms with van der Waals surface area (Å²) < 4.78 is 0. The van der Waals surface area contributed by atoms with Crippen molar-refractivity contribution in [1.82, 2.24) is 4.98 Å². The molecular formula is C9H11NO3. The highest BCUT2D eigenvalue weighted by atomic mass is 16.4. The van der Waals surface area contributed by atoms with E-state index in [0.29, 0.717) is 12.1 Å². The van der Waals surface area contributed by atoms with Crippen LogP contribution in [-0.4, -0.2) is 21.2 Å². The SMILES string of the molecule is CCC(O)c1ccc(C(=O)O)cn1. The Morgan fingerprint density at radius 1 is 1.62 bits per heavy atom. The molecule has 0 fully saturated rings. The molecule has 13 heavy (non-hydrogen) atoms. The maximum absolute atomic E-state index is 10.4.